The molecular formula is MnN3NiO9+. The first kappa shape index (κ1) is 29.3. The molecule has 85 valence electrons. The summed E-state index contributed by atoms with van der Waals surface area (Å²) in [5.41, 5.74) is 0. The first-order chi connectivity index (χ1) is 5.20. The van der Waals surface area contributed by atoms with Crippen LogP contribution in [0.1, 0.15) is 0 Å². The normalized spacial score (nSPS) is 5.14. The van der Waals surface area contributed by atoms with Crippen molar-refractivity contribution in [2.75, 3.05) is 0 Å². The minimum Gasteiger partial charge on any atom is -0.356 e. The minimum absolute atomic E-state index is 0. The third-order valence-electron chi connectivity index (χ3n) is 0. The molecule has 1 radical (unpaired) electrons. The quantitative estimate of drug-likeness (QED) is 0.314. The van der Waals surface area contributed by atoms with Crippen LogP contribution >= 0.6 is 0 Å². The van der Waals surface area contributed by atoms with Crippen molar-refractivity contribution in [3.8, 4) is 0 Å². The molecule has 12 nitrogen and oxygen atoms in total. The van der Waals surface area contributed by atoms with Gasteiger partial charge in [-0.2, -0.15) is 0 Å². The van der Waals surface area contributed by atoms with Crippen LogP contribution in [0, 0.1) is 46.0 Å². The topological polar surface area (TPSA) is 199 Å². The fourth-order valence-electron chi connectivity index (χ4n) is 0. The Morgan fingerprint density at radius 2 is 0.571 bits per heavy atom. The van der Waals surface area contributed by atoms with Crippen molar-refractivity contribution in [1.29, 1.82) is 0 Å². The van der Waals surface area contributed by atoms with Gasteiger partial charge < -0.3 is 46.0 Å². The van der Waals surface area contributed by atoms with E-state index in [1.165, 1.54) is 0 Å². The average molecular weight is 300 g/mol. The van der Waals surface area contributed by atoms with Crippen LogP contribution < -0.4 is 0 Å². The summed E-state index contributed by atoms with van der Waals surface area (Å²) >= 11 is 0. The van der Waals surface area contributed by atoms with Crippen molar-refractivity contribution < 1.29 is 48.8 Å². The average Bonchev–Trinajstić information content (AvgIpc) is 1.54. The Kier molecular flexibility index (Phi) is 47.3. The van der Waals surface area contributed by atoms with E-state index < -0.39 is 15.3 Å². The van der Waals surface area contributed by atoms with Gasteiger partial charge in [0.05, 0.1) is 15.3 Å². The molecule has 0 unspecified atom stereocenters. The molecule has 14 heavy (non-hydrogen) atoms. The molecule has 14 heteroatoms. The molecule has 0 atom stereocenters. The van der Waals surface area contributed by atoms with Crippen LogP contribution in [0.3, 0.4) is 0 Å². The van der Waals surface area contributed by atoms with Crippen LogP contribution in [0.15, 0.2) is 0 Å². The van der Waals surface area contributed by atoms with E-state index >= 15 is 0 Å². The number of hydrogen-bond acceptors (Lipinski definition) is 9. The summed E-state index contributed by atoms with van der Waals surface area (Å²) in [7, 11) is 0. The van der Waals surface area contributed by atoms with Crippen LogP contribution in [0.2, 0.25) is 0 Å². The molecule has 0 aliphatic rings. The summed E-state index contributed by atoms with van der Waals surface area (Å²) in [6.07, 6.45) is 0. The molecule has 0 spiro atoms. The van der Waals surface area contributed by atoms with Gasteiger partial charge >= 0.3 is 33.6 Å². The Morgan fingerprint density at radius 1 is 0.571 bits per heavy atom. The summed E-state index contributed by atoms with van der Waals surface area (Å²) in [5, 5.41) is 44.2. The molecular weight excluding hydrogens is 300 g/mol. The SMILES string of the molecule is O=[N+]([O-])[O-].O=[N+]([O-])[O-].O=[N+]([O-])[O-].[Mn+2].[Ni+2]. The second kappa shape index (κ2) is 22.6. The minimum atomic E-state index is -1.75. The Balaban J connectivity index is -0.0000000270. The summed E-state index contributed by atoms with van der Waals surface area (Å²) in [6, 6.07) is 0. The van der Waals surface area contributed by atoms with Crippen LogP contribution in [-0.2, 0) is 33.6 Å². The van der Waals surface area contributed by atoms with E-state index in [0.29, 0.717) is 0 Å². The van der Waals surface area contributed by atoms with Crippen molar-refractivity contribution >= 4 is 0 Å². The predicted molar refractivity (Wildman–Crippen MR) is 31.1 cm³/mol. The molecule has 0 amide bonds. The van der Waals surface area contributed by atoms with E-state index in [1.807, 2.05) is 0 Å². The second-order valence-corrected chi connectivity index (χ2v) is 0.671. The van der Waals surface area contributed by atoms with Gasteiger partial charge in [-0.1, -0.05) is 0 Å². The summed E-state index contributed by atoms with van der Waals surface area (Å²) in [4.78, 5) is 24.8. The van der Waals surface area contributed by atoms with Gasteiger partial charge in [-0.3, -0.25) is 0 Å². The standard InChI is InChI=1S/Mn.3NO3.Ni/c;3*2-1(3)4;/q+2;3*-1;+2. The third-order valence-corrected chi connectivity index (χ3v) is 0. The van der Waals surface area contributed by atoms with E-state index in [-0.39, 0.29) is 33.6 Å². The van der Waals surface area contributed by atoms with Crippen molar-refractivity contribution in [3.05, 3.63) is 46.0 Å². The fraction of sp³-hybridized carbons (Fsp3) is 0. The van der Waals surface area contributed by atoms with Crippen molar-refractivity contribution in [2.24, 2.45) is 0 Å². The van der Waals surface area contributed by atoms with Crippen molar-refractivity contribution in [2.45, 2.75) is 0 Å². The summed E-state index contributed by atoms with van der Waals surface area (Å²) in [6.45, 7) is 0. The number of nitrogens with zero attached hydrogens (tertiary/aromatic N) is 3. The maximum Gasteiger partial charge on any atom is 2.00 e. The van der Waals surface area contributed by atoms with E-state index in [1.54, 1.807) is 0 Å². The Bertz CT molecular complexity index is 118. The maximum absolute atomic E-state index is 8.25. The molecule has 0 aromatic rings. The van der Waals surface area contributed by atoms with E-state index in [4.69, 9.17) is 46.0 Å². The van der Waals surface area contributed by atoms with Gasteiger partial charge in [-0.25, -0.2) is 0 Å². The molecule has 0 saturated heterocycles. The van der Waals surface area contributed by atoms with E-state index in [9.17, 15) is 0 Å². The van der Waals surface area contributed by atoms with Crippen LogP contribution in [0.4, 0.5) is 0 Å². The Labute approximate surface area is 95.2 Å². The Hall–Kier alpha value is -1.39. The monoisotopic (exact) mass is 299 g/mol. The van der Waals surface area contributed by atoms with Crippen LogP contribution in [-0.4, -0.2) is 15.3 Å². The Morgan fingerprint density at radius 3 is 0.571 bits per heavy atom. The first-order valence-electron chi connectivity index (χ1n) is 1.64. The first-order valence-corrected chi connectivity index (χ1v) is 1.64. The maximum atomic E-state index is 8.25. The molecule has 0 fully saturated rings. The predicted octanol–water partition coefficient (Wildman–Crippen LogP) is -0.722. The van der Waals surface area contributed by atoms with E-state index in [0.717, 1.165) is 0 Å². The molecule has 0 aliphatic carbocycles. The zero-order valence-corrected chi connectivity index (χ0v) is 7.88. The summed E-state index contributed by atoms with van der Waals surface area (Å²) < 4.78 is 0. The van der Waals surface area contributed by atoms with Crippen molar-refractivity contribution in [1.82, 2.24) is 0 Å². The zero-order chi connectivity index (χ0) is 10.7. The number of hydrogen-bond donors (Lipinski definition) is 0. The van der Waals surface area contributed by atoms with Crippen molar-refractivity contribution in [3.63, 3.8) is 0 Å². The van der Waals surface area contributed by atoms with Gasteiger partial charge in [0.1, 0.15) is 0 Å². The summed E-state index contributed by atoms with van der Waals surface area (Å²) in [5.74, 6) is 0. The number of rotatable bonds is 0. The van der Waals surface area contributed by atoms with Crippen LogP contribution in [0.25, 0.3) is 0 Å². The molecule has 0 bridgehead atoms. The van der Waals surface area contributed by atoms with Gasteiger partial charge in [0.2, 0.25) is 0 Å². The molecule has 0 aromatic carbocycles. The smallest absolute Gasteiger partial charge is 0.356 e. The molecule has 0 saturated carbocycles. The van der Waals surface area contributed by atoms with E-state index in [2.05, 4.69) is 0 Å². The van der Waals surface area contributed by atoms with Gasteiger partial charge in [0, 0.05) is 0 Å². The molecule has 0 aromatic heterocycles. The van der Waals surface area contributed by atoms with Gasteiger partial charge in [-0.15, -0.1) is 0 Å². The zero-order valence-electron chi connectivity index (χ0n) is 5.71. The molecule has 0 heterocycles. The van der Waals surface area contributed by atoms with Gasteiger partial charge in [-0.05, 0) is 0 Å². The third kappa shape index (κ3) is 510. The molecule has 0 aliphatic heterocycles. The largest absolute Gasteiger partial charge is 2.00 e. The molecule has 0 rings (SSSR count). The van der Waals surface area contributed by atoms with Crippen LogP contribution in [0.5, 0.6) is 0 Å². The second-order valence-electron chi connectivity index (χ2n) is 0.671. The van der Waals surface area contributed by atoms with Gasteiger partial charge in [0.15, 0.2) is 0 Å². The molecule has 0 N–H and O–H groups in total. The fourth-order valence-corrected chi connectivity index (χ4v) is 0. The van der Waals surface area contributed by atoms with Gasteiger partial charge in [0.25, 0.3) is 0 Å².